The van der Waals surface area contributed by atoms with Crippen molar-refractivity contribution in [2.24, 2.45) is 0 Å². The van der Waals surface area contributed by atoms with E-state index in [0.29, 0.717) is 17.8 Å². The molecule has 0 atom stereocenters. The fourth-order valence-corrected chi connectivity index (χ4v) is 2.58. The molecule has 4 rings (SSSR count). The number of nitrogens with one attached hydrogen (secondary N) is 1. The van der Waals surface area contributed by atoms with E-state index >= 15 is 0 Å². The summed E-state index contributed by atoms with van der Waals surface area (Å²) in [5, 5.41) is 0. The molecule has 2 heterocycles. The zero-order chi connectivity index (χ0) is 15.6. The van der Waals surface area contributed by atoms with Crippen molar-refractivity contribution < 1.29 is 0 Å². The number of imidazole rings is 1. The van der Waals surface area contributed by atoms with E-state index in [0.717, 1.165) is 16.8 Å². The molecular weight excluding hydrogens is 288 g/mol. The Morgan fingerprint density at radius 1 is 0.957 bits per heavy atom. The number of hydrogen-bond acceptors (Lipinski definition) is 3. The van der Waals surface area contributed by atoms with E-state index in [1.165, 1.54) is 0 Å². The first-order valence-electron chi connectivity index (χ1n) is 7.36. The van der Waals surface area contributed by atoms with E-state index < -0.39 is 0 Å². The molecule has 0 fully saturated rings. The highest BCUT2D eigenvalue weighted by Crippen LogP contribution is 2.17. The van der Waals surface area contributed by atoms with Gasteiger partial charge in [-0.25, -0.2) is 14.8 Å². The first kappa shape index (κ1) is 13.5. The topological polar surface area (TPSA) is 63.6 Å². The second kappa shape index (κ2) is 5.53. The average Bonchev–Trinajstić information content (AvgIpc) is 2.92. The van der Waals surface area contributed by atoms with Crippen LogP contribution in [-0.2, 0) is 6.54 Å². The molecule has 0 bridgehead atoms. The maximum absolute atomic E-state index is 12.2. The highest BCUT2D eigenvalue weighted by atomic mass is 16.1. The van der Waals surface area contributed by atoms with Crippen molar-refractivity contribution in [3.8, 4) is 11.3 Å². The molecule has 0 aliphatic heterocycles. The number of benzene rings is 2. The van der Waals surface area contributed by atoms with Crippen LogP contribution in [0.4, 0.5) is 0 Å². The lowest BCUT2D eigenvalue weighted by atomic mass is 10.2. The molecule has 0 aliphatic carbocycles. The first-order valence-corrected chi connectivity index (χ1v) is 7.36. The molecule has 0 unspecified atom stereocenters. The highest BCUT2D eigenvalue weighted by Gasteiger charge is 2.11. The van der Waals surface area contributed by atoms with E-state index in [4.69, 9.17) is 0 Å². The van der Waals surface area contributed by atoms with Crippen LogP contribution in [0.5, 0.6) is 0 Å². The third-order valence-corrected chi connectivity index (χ3v) is 3.73. The number of aromatic nitrogens is 4. The van der Waals surface area contributed by atoms with Gasteiger partial charge in [0.15, 0.2) is 11.3 Å². The molecular formula is C18H14N4O. The molecule has 23 heavy (non-hydrogen) atoms. The quantitative estimate of drug-likeness (QED) is 0.633. The Morgan fingerprint density at radius 2 is 1.65 bits per heavy atom. The van der Waals surface area contributed by atoms with Gasteiger partial charge in [0.25, 0.3) is 0 Å². The number of fused-ring (bicyclic) bond motifs is 1. The number of hydrogen-bond donors (Lipinski definition) is 1. The number of nitrogens with zero attached hydrogens (tertiary/aromatic N) is 3. The summed E-state index contributed by atoms with van der Waals surface area (Å²) in [5.74, 6) is 0. The first-order chi connectivity index (χ1) is 11.3. The van der Waals surface area contributed by atoms with E-state index in [9.17, 15) is 4.79 Å². The zero-order valence-electron chi connectivity index (χ0n) is 12.3. The fraction of sp³-hybridized carbons (Fsp3) is 0.0556. The average molecular weight is 302 g/mol. The van der Waals surface area contributed by atoms with Gasteiger partial charge in [0.05, 0.1) is 18.4 Å². The summed E-state index contributed by atoms with van der Waals surface area (Å²) in [4.78, 5) is 24.0. The van der Waals surface area contributed by atoms with E-state index in [1.54, 1.807) is 10.8 Å². The van der Waals surface area contributed by atoms with E-state index in [2.05, 4.69) is 15.0 Å². The molecule has 0 radical (unpaired) electrons. The molecule has 112 valence electrons. The molecule has 0 spiro atoms. The van der Waals surface area contributed by atoms with Crippen LogP contribution < -0.4 is 5.69 Å². The van der Waals surface area contributed by atoms with Crippen molar-refractivity contribution in [3.63, 3.8) is 0 Å². The SMILES string of the molecule is O=c1[nH]c2ncc(-c3ccccc3)nc2n1Cc1ccccc1. The number of H-pyrrole nitrogens is 1. The summed E-state index contributed by atoms with van der Waals surface area (Å²) in [6.45, 7) is 0.465. The van der Waals surface area contributed by atoms with Crippen molar-refractivity contribution in [3.05, 3.63) is 82.9 Å². The third-order valence-electron chi connectivity index (χ3n) is 3.73. The summed E-state index contributed by atoms with van der Waals surface area (Å²) in [6, 6.07) is 19.6. The number of aromatic amines is 1. The van der Waals surface area contributed by atoms with Crippen LogP contribution in [0.3, 0.4) is 0 Å². The van der Waals surface area contributed by atoms with Crippen molar-refractivity contribution >= 4 is 11.3 Å². The van der Waals surface area contributed by atoms with E-state index in [1.807, 2.05) is 60.7 Å². The minimum Gasteiger partial charge on any atom is -0.289 e. The second-order valence-corrected chi connectivity index (χ2v) is 5.30. The largest absolute Gasteiger partial charge is 0.329 e. The lowest BCUT2D eigenvalue weighted by Gasteiger charge is -2.04. The van der Waals surface area contributed by atoms with Gasteiger partial charge in [-0.15, -0.1) is 0 Å². The van der Waals surface area contributed by atoms with Crippen LogP contribution in [-0.4, -0.2) is 19.5 Å². The van der Waals surface area contributed by atoms with Crippen LogP contribution in [0, 0.1) is 0 Å². The van der Waals surface area contributed by atoms with Crippen LogP contribution in [0.15, 0.2) is 71.7 Å². The molecule has 4 aromatic rings. The van der Waals surface area contributed by atoms with Gasteiger partial charge in [-0.2, -0.15) is 0 Å². The molecule has 5 nitrogen and oxygen atoms in total. The van der Waals surface area contributed by atoms with Gasteiger partial charge in [0.1, 0.15) is 0 Å². The predicted octanol–water partition coefficient (Wildman–Crippen LogP) is 2.83. The zero-order valence-corrected chi connectivity index (χ0v) is 12.3. The van der Waals surface area contributed by atoms with Crippen LogP contribution in [0.1, 0.15) is 5.56 Å². The second-order valence-electron chi connectivity index (χ2n) is 5.30. The molecule has 5 heteroatoms. The summed E-state index contributed by atoms with van der Waals surface area (Å²) in [7, 11) is 0. The maximum atomic E-state index is 12.2. The van der Waals surface area contributed by atoms with Crippen molar-refractivity contribution in [2.45, 2.75) is 6.54 Å². The Morgan fingerprint density at radius 3 is 2.39 bits per heavy atom. The lowest BCUT2D eigenvalue weighted by molar-refractivity contribution is 0.778. The smallest absolute Gasteiger partial charge is 0.289 e. The Bertz CT molecular complexity index is 1000. The van der Waals surface area contributed by atoms with Gasteiger partial charge < -0.3 is 0 Å². The van der Waals surface area contributed by atoms with Crippen molar-refractivity contribution in [2.75, 3.05) is 0 Å². The van der Waals surface area contributed by atoms with Crippen molar-refractivity contribution in [1.29, 1.82) is 0 Å². The normalized spacial score (nSPS) is 11.0. The van der Waals surface area contributed by atoms with Crippen LogP contribution in [0.25, 0.3) is 22.6 Å². The Labute approximate surface area is 132 Å². The van der Waals surface area contributed by atoms with Gasteiger partial charge in [-0.1, -0.05) is 60.7 Å². The van der Waals surface area contributed by atoms with Gasteiger partial charge >= 0.3 is 5.69 Å². The molecule has 0 saturated carbocycles. The summed E-state index contributed by atoms with van der Waals surface area (Å²) in [5.41, 5.74) is 3.64. The Hall–Kier alpha value is -3.21. The van der Waals surface area contributed by atoms with Crippen LogP contribution >= 0.6 is 0 Å². The lowest BCUT2D eigenvalue weighted by Crippen LogP contribution is -2.17. The molecule has 0 saturated heterocycles. The molecule has 0 amide bonds. The molecule has 1 N–H and O–H groups in total. The third kappa shape index (κ3) is 2.53. The Balaban J connectivity index is 1.84. The Kier molecular flexibility index (Phi) is 3.24. The summed E-state index contributed by atoms with van der Waals surface area (Å²) >= 11 is 0. The minimum absolute atomic E-state index is 0.200. The maximum Gasteiger partial charge on any atom is 0.329 e. The summed E-state index contributed by atoms with van der Waals surface area (Å²) < 4.78 is 1.62. The summed E-state index contributed by atoms with van der Waals surface area (Å²) in [6.07, 6.45) is 1.68. The van der Waals surface area contributed by atoms with Gasteiger partial charge in [-0.05, 0) is 5.56 Å². The molecule has 2 aromatic carbocycles. The van der Waals surface area contributed by atoms with Crippen molar-refractivity contribution in [1.82, 2.24) is 19.5 Å². The van der Waals surface area contributed by atoms with Crippen LogP contribution in [0.2, 0.25) is 0 Å². The van der Waals surface area contributed by atoms with E-state index in [-0.39, 0.29) is 5.69 Å². The highest BCUT2D eigenvalue weighted by molar-refractivity contribution is 5.70. The van der Waals surface area contributed by atoms with Gasteiger partial charge in [0, 0.05) is 5.56 Å². The minimum atomic E-state index is -0.200. The predicted molar refractivity (Wildman–Crippen MR) is 89.1 cm³/mol. The van der Waals surface area contributed by atoms with Gasteiger partial charge in [-0.3, -0.25) is 9.55 Å². The molecule has 0 aliphatic rings. The van der Waals surface area contributed by atoms with Gasteiger partial charge in [0.2, 0.25) is 0 Å². The monoisotopic (exact) mass is 302 g/mol. The molecule has 2 aromatic heterocycles. The fourth-order valence-electron chi connectivity index (χ4n) is 2.58. The standard InChI is InChI=1S/C18H14N4O/c23-18-21-16-17(22(18)12-13-7-3-1-4-8-13)20-15(11-19-16)14-9-5-2-6-10-14/h1-11H,12H2,(H,19,21,23). The number of rotatable bonds is 3.